The van der Waals surface area contributed by atoms with Gasteiger partial charge in [0.05, 0.1) is 0 Å². The average Bonchev–Trinajstić information content (AvgIpc) is 2.08. The molecule has 2 N–H and O–H groups in total. The van der Waals surface area contributed by atoms with Gasteiger partial charge < -0.3 is 14.0 Å². The van der Waals surface area contributed by atoms with Gasteiger partial charge in [0.1, 0.15) is 18.8 Å². The van der Waals surface area contributed by atoms with Crippen LogP contribution in [0.3, 0.4) is 0 Å². The fourth-order valence-corrected chi connectivity index (χ4v) is 0.603. The molecule has 0 unspecified atom stereocenters. The number of rotatable bonds is 6. The lowest BCUT2D eigenvalue weighted by molar-refractivity contribution is -0.135. The van der Waals surface area contributed by atoms with Crippen molar-refractivity contribution in [1.29, 1.82) is 0 Å². The van der Waals surface area contributed by atoms with Crippen LogP contribution in [0.4, 0.5) is 0 Å². The van der Waals surface area contributed by atoms with E-state index < -0.39 is 22.1 Å². The van der Waals surface area contributed by atoms with Gasteiger partial charge in [-0.05, 0) is 0 Å². The first kappa shape index (κ1) is 13.1. The van der Waals surface area contributed by atoms with E-state index in [1.165, 1.54) is 0 Å². The van der Waals surface area contributed by atoms with Crippen LogP contribution in [-0.4, -0.2) is 30.3 Å². The maximum atomic E-state index is 10.3. The maximum Gasteiger partial charge on any atom is 0.446 e. The van der Waals surface area contributed by atoms with Crippen LogP contribution in [0.15, 0.2) is 24.4 Å². The minimum atomic E-state index is -4.66. The summed E-state index contributed by atoms with van der Waals surface area (Å²) in [5.41, 5.74) is 0. The normalized spacial score (nSPS) is 12.5. The average molecular weight is 238 g/mol. The molecule has 0 aliphatic rings. The van der Waals surface area contributed by atoms with Crippen molar-refractivity contribution in [3.8, 4) is 0 Å². The third-order valence-corrected chi connectivity index (χ3v) is 1.21. The molecule has 0 aromatic rings. The van der Waals surface area contributed by atoms with E-state index in [2.05, 4.69) is 8.92 Å². The van der Waals surface area contributed by atoms with Crippen LogP contribution in [0.5, 0.6) is 0 Å². The fraction of sp³-hybridized carbons (Fsp3) is 0. The lowest BCUT2D eigenvalue weighted by Crippen LogP contribution is -2.02. The molecule has 0 spiro atoms. The quantitative estimate of drug-likeness (QED) is 0.273. The summed E-state index contributed by atoms with van der Waals surface area (Å²) < 4.78 is 35.9. The fourth-order valence-electron chi connectivity index (χ4n) is 0.417. The molecule has 15 heavy (non-hydrogen) atoms. The molecule has 0 aliphatic heterocycles. The molecule has 0 atom stereocenters. The Hall–Kier alpha value is -1.87. The Morgan fingerprint density at radius 2 is 1.87 bits per heavy atom. The lowest BCUT2D eigenvalue weighted by Gasteiger charge is -1.98. The second kappa shape index (κ2) is 5.78. The van der Waals surface area contributed by atoms with Gasteiger partial charge in [0.15, 0.2) is 0 Å². The molecule has 0 aromatic carbocycles. The summed E-state index contributed by atoms with van der Waals surface area (Å²) in [7, 11) is -4.66. The monoisotopic (exact) mass is 238 g/mol. The first-order valence-electron chi connectivity index (χ1n) is 3.23. The molecular weight excluding hydrogens is 232 g/mol. The lowest BCUT2D eigenvalue weighted by atomic mass is 10.5. The summed E-state index contributed by atoms with van der Waals surface area (Å²) in [6.07, 6.45) is 1.68. The van der Waals surface area contributed by atoms with Crippen LogP contribution < -0.4 is 0 Å². The molecule has 84 valence electrons. The van der Waals surface area contributed by atoms with E-state index in [9.17, 15) is 18.0 Å². The summed E-state index contributed by atoms with van der Waals surface area (Å²) in [5, 5.41) is 8.37. The van der Waals surface area contributed by atoms with E-state index in [1.54, 1.807) is 0 Å². The van der Waals surface area contributed by atoms with Gasteiger partial charge >= 0.3 is 16.4 Å². The van der Waals surface area contributed by atoms with Gasteiger partial charge in [-0.25, -0.2) is 4.79 Å². The summed E-state index contributed by atoms with van der Waals surface area (Å²) in [4.78, 5) is 20.2. The predicted molar refractivity (Wildman–Crippen MR) is 44.6 cm³/mol. The van der Waals surface area contributed by atoms with Crippen molar-refractivity contribution in [2.75, 3.05) is 0 Å². The van der Waals surface area contributed by atoms with E-state index in [0.29, 0.717) is 18.6 Å². The zero-order chi connectivity index (χ0) is 11.9. The van der Waals surface area contributed by atoms with Crippen LogP contribution in [0.25, 0.3) is 0 Å². The van der Waals surface area contributed by atoms with Gasteiger partial charge in [-0.2, -0.15) is 8.42 Å². The smallest absolute Gasteiger partial charge is 0.446 e. The standard InChI is InChI=1S/C6H6O8S/c7-2-1-5(6(8)9)13-3-4-14-15(10,11)12/h1-4H,(H,8,9)(H,10,11,12)/b4-3+,5-1-. The Labute approximate surface area is 84.4 Å². The van der Waals surface area contributed by atoms with Crippen molar-refractivity contribution in [3.05, 3.63) is 24.4 Å². The Balaban J connectivity index is 4.30. The van der Waals surface area contributed by atoms with E-state index in [0.717, 1.165) is 0 Å². The number of ether oxygens (including phenoxy) is 1. The molecule has 8 nitrogen and oxygen atoms in total. The van der Waals surface area contributed by atoms with Crippen molar-refractivity contribution < 1.29 is 36.6 Å². The Morgan fingerprint density at radius 3 is 2.27 bits per heavy atom. The number of carbonyl (C=O) groups excluding carboxylic acids is 1. The minimum Gasteiger partial charge on any atom is -0.475 e. The van der Waals surface area contributed by atoms with Gasteiger partial charge in [0, 0.05) is 6.08 Å². The summed E-state index contributed by atoms with van der Waals surface area (Å²) in [6.45, 7) is 0. The second-order valence-corrected chi connectivity index (χ2v) is 2.93. The van der Waals surface area contributed by atoms with Gasteiger partial charge in [-0.1, -0.05) is 0 Å². The van der Waals surface area contributed by atoms with Crippen LogP contribution >= 0.6 is 0 Å². The van der Waals surface area contributed by atoms with Gasteiger partial charge in [0.2, 0.25) is 5.76 Å². The number of allylic oxidation sites excluding steroid dienone is 1. The highest BCUT2D eigenvalue weighted by Crippen LogP contribution is 1.98. The number of hydrogen-bond acceptors (Lipinski definition) is 6. The molecule has 0 heterocycles. The van der Waals surface area contributed by atoms with Gasteiger partial charge in [0.25, 0.3) is 0 Å². The van der Waals surface area contributed by atoms with E-state index in [1.807, 2.05) is 0 Å². The first-order valence-corrected chi connectivity index (χ1v) is 4.59. The van der Waals surface area contributed by atoms with Gasteiger partial charge in [-0.15, -0.1) is 0 Å². The molecule has 0 rings (SSSR count). The van der Waals surface area contributed by atoms with Crippen molar-refractivity contribution >= 4 is 22.7 Å². The van der Waals surface area contributed by atoms with E-state index in [4.69, 9.17) is 9.66 Å². The molecular formula is C6H6O8S. The Morgan fingerprint density at radius 1 is 1.27 bits per heavy atom. The molecule has 0 aliphatic carbocycles. The number of carboxylic acid groups (broad SMARTS) is 1. The molecule has 0 aromatic heterocycles. The number of carbonyl (C=O) groups is 2. The molecule has 0 saturated carbocycles. The maximum absolute atomic E-state index is 10.3. The molecule has 0 saturated heterocycles. The number of aliphatic carboxylic acids is 1. The van der Waals surface area contributed by atoms with Crippen molar-refractivity contribution in [2.24, 2.45) is 0 Å². The topological polar surface area (TPSA) is 127 Å². The molecule has 9 heteroatoms. The zero-order valence-corrected chi connectivity index (χ0v) is 7.88. The number of hydrogen-bond donors (Lipinski definition) is 2. The minimum absolute atomic E-state index is 0.168. The largest absolute Gasteiger partial charge is 0.475 e. The highest BCUT2D eigenvalue weighted by molar-refractivity contribution is 7.81. The predicted octanol–water partition coefficient (Wildman–Crippen LogP) is -0.539. The van der Waals surface area contributed by atoms with Crippen LogP contribution in [0.2, 0.25) is 0 Å². The van der Waals surface area contributed by atoms with Crippen molar-refractivity contribution in [1.82, 2.24) is 0 Å². The number of carboxylic acids is 1. The SMILES string of the molecule is O=C/C=C(\O/C=C/OS(=O)(=O)O)C(=O)O. The first-order chi connectivity index (χ1) is 6.87. The van der Waals surface area contributed by atoms with Gasteiger partial charge in [-0.3, -0.25) is 9.35 Å². The highest BCUT2D eigenvalue weighted by Gasteiger charge is 2.06. The summed E-state index contributed by atoms with van der Waals surface area (Å²) >= 11 is 0. The summed E-state index contributed by atoms with van der Waals surface area (Å²) in [5.74, 6) is -2.27. The number of aldehydes is 1. The molecule has 0 bridgehead atoms. The third kappa shape index (κ3) is 7.22. The summed E-state index contributed by atoms with van der Waals surface area (Å²) in [6, 6.07) is 0. The molecule has 0 fully saturated rings. The van der Waals surface area contributed by atoms with Crippen molar-refractivity contribution in [3.63, 3.8) is 0 Å². The van der Waals surface area contributed by atoms with Crippen LogP contribution in [-0.2, 0) is 28.9 Å². The van der Waals surface area contributed by atoms with E-state index in [-0.39, 0.29) is 6.29 Å². The third-order valence-electron chi connectivity index (χ3n) is 0.858. The highest BCUT2D eigenvalue weighted by atomic mass is 32.3. The van der Waals surface area contributed by atoms with Crippen molar-refractivity contribution in [2.45, 2.75) is 0 Å². The van der Waals surface area contributed by atoms with Crippen LogP contribution in [0.1, 0.15) is 0 Å². The molecule has 0 radical (unpaired) electrons. The Kier molecular flexibility index (Phi) is 5.06. The zero-order valence-electron chi connectivity index (χ0n) is 7.06. The Bertz CT molecular complexity index is 389. The van der Waals surface area contributed by atoms with Crippen LogP contribution in [0, 0.1) is 0 Å². The molecule has 0 amide bonds. The second-order valence-electron chi connectivity index (χ2n) is 1.89. The van der Waals surface area contributed by atoms with E-state index >= 15 is 0 Å².